The molecule has 0 atom stereocenters. The number of methoxy groups -OCH3 is 1. The minimum absolute atomic E-state index is 0.0450. The lowest BCUT2D eigenvalue weighted by atomic mass is 10.1. The van der Waals surface area contributed by atoms with Crippen LogP contribution in [0.4, 0.5) is 4.39 Å². The second-order valence-corrected chi connectivity index (χ2v) is 7.14. The van der Waals surface area contributed by atoms with Crippen LogP contribution in [-0.2, 0) is 15.6 Å². The van der Waals surface area contributed by atoms with Gasteiger partial charge in [-0.1, -0.05) is 12.1 Å². The first-order valence-electron chi connectivity index (χ1n) is 6.47. The average molecular weight is 358 g/mol. The predicted octanol–water partition coefficient (Wildman–Crippen LogP) is 2.69. The van der Waals surface area contributed by atoms with Gasteiger partial charge in [-0.25, -0.2) is 12.8 Å². The van der Waals surface area contributed by atoms with Crippen molar-refractivity contribution in [2.24, 2.45) is 0 Å². The number of amides is 1. The van der Waals surface area contributed by atoms with Crippen LogP contribution in [0, 0.1) is 5.82 Å². The average Bonchev–Trinajstić information content (AvgIpc) is 2.51. The summed E-state index contributed by atoms with van der Waals surface area (Å²) in [5, 5.41) is 2.51. The van der Waals surface area contributed by atoms with E-state index in [0.29, 0.717) is 11.3 Å². The van der Waals surface area contributed by atoms with Crippen molar-refractivity contribution in [3.8, 4) is 5.75 Å². The first-order chi connectivity index (χ1) is 10.8. The van der Waals surface area contributed by atoms with Gasteiger partial charge >= 0.3 is 0 Å². The molecular formula is C15H13ClFNO4S. The second-order valence-electron chi connectivity index (χ2n) is 4.57. The second kappa shape index (κ2) is 6.97. The predicted molar refractivity (Wildman–Crippen MR) is 83.6 cm³/mol. The molecule has 0 aliphatic carbocycles. The van der Waals surface area contributed by atoms with E-state index >= 15 is 0 Å². The smallest absolute Gasteiger partial charge is 0.261 e. The summed E-state index contributed by atoms with van der Waals surface area (Å²) in [4.78, 5) is 11.9. The Morgan fingerprint density at radius 3 is 2.57 bits per heavy atom. The largest absolute Gasteiger partial charge is 0.496 e. The summed E-state index contributed by atoms with van der Waals surface area (Å²) in [6, 6.07) is 9.56. The van der Waals surface area contributed by atoms with Crippen molar-refractivity contribution in [2.45, 2.75) is 11.4 Å². The Kier molecular flexibility index (Phi) is 5.23. The van der Waals surface area contributed by atoms with E-state index in [2.05, 4.69) is 5.32 Å². The van der Waals surface area contributed by atoms with Gasteiger partial charge in [-0.15, -0.1) is 0 Å². The van der Waals surface area contributed by atoms with E-state index in [4.69, 9.17) is 15.4 Å². The molecule has 0 spiro atoms. The highest BCUT2D eigenvalue weighted by atomic mass is 35.7. The van der Waals surface area contributed by atoms with Crippen molar-refractivity contribution in [3.05, 3.63) is 59.4 Å². The van der Waals surface area contributed by atoms with Gasteiger partial charge in [0.15, 0.2) is 0 Å². The molecule has 2 aromatic rings. The Morgan fingerprint density at radius 1 is 1.26 bits per heavy atom. The zero-order valence-electron chi connectivity index (χ0n) is 12.0. The Bertz CT molecular complexity index is 839. The Hall–Kier alpha value is -2.12. The van der Waals surface area contributed by atoms with Crippen LogP contribution in [0.25, 0.3) is 0 Å². The maximum Gasteiger partial charge on any atom is 0.261 e. The Morgan fingerprint density at radius 2 is 1.96 bits per heavy atom. The first kappa shape index (κ1) is 17.2. The number of rotatable bonds is 5. The molecule has 0 radical (unpaired) electrons. The number of benzene rings is 2. The molecule has 0 saturated heterocycles. The van der Waals surface area contributed by atoms with Gasteiger partial charge in [-0.05, 0) is 30.3 Å². The molecule has 8 heteroatoms. The molecule has 0 heterocycles. The molecule has 0 saturated carbocycles. The lowest BCUT2D eigenvalue weighted by Crippen LogP contribution is -2.24. The molecule has 23 heavy (non-hydrogen) atoms. The highest BCUT2D eigenvalue weighted by molar-refractivity contribution is 8.13. The lowest BCUT2D eigenvalue weighted by Gasteiger charge is -2.11. The van der Waals surface area contributed by atoms with Gasteiger partial charge in [0, 0.05) is 22.8 Å². The van der Waals surface area contributed by atoms with E-state index in [1.54, 1.807) is 6.07 Å². The molecule has 0 aromatic heterocycles. The van der Waals surface area contributed by atoms with Crippen molar-refractivity contribution in [2.75, 3.05) is 7.11 Å². The van der Waals surface area contributed by atoms with Gasteiger partial charge in [0.25, 0.3) is 15.0 Å². The third kappa shape index (κ3) is 4.20. The van der Waals surface area contributed by atoms with Crippen LogP contribution in [0.15, 0.2) is 47.4 Å². The van der Waals surface area contributed by atoms with Crippen LogP contribution < -0.4 is 10.1 Å². The number of carbonyl (C=O) groups is 1. The topological polar surface area (TPSA) is 72.5 Å². The van der Waals surface area contributed by atoms with E-state index < -0.39 is 20.8 Å². The highest BCUT2D eigenvalue weighted by Gasteiger charge is 2.15. The van der Waals surface area contributed by atoms with E-state index in [0.717, 1.165) is 0 Å². The monoisotopic (exact) mass is 357 g/mol. The van der Waals surface area contributed by atoms with E-state index in [9.17, 15) is 17.6 Å². The van der Waals surface area contributed by atoms with Gasteiger partial charge in [-0.2, -0.15) is 0 Å². The molecule has 0 bridgehead atoms. The summed E-state index contributed by atoms with van der Waals surface area (Å²) in [7, 11) is 2.81. The number of hydrogen-bond donors (Lipinski definition) is 1. The third-order valence-corrected chi connectivity index (χ3v) is 4.44. The molecule has 2 aromatic carbocycles. The number of ether oxygens (including phenoxy) is 1. The van der Waals surface area contributed by atoms with Crippen LogP contribution in [0.2, 0.25) is 0 Å². The van der Waals surface area contributed by atoms with Crippen molar-refractivity contribution >= 4 is 25.6 Å². The molecule has 0 aliphatic heterocycles. The molecule has 2 rings (SSSR count). The molecule has 0 unspecified atom stereocenters. The summed E-state index contributed by atoms with van der Waals surface area (Å²) >= 11 is 0. The summed E-state index contributed by atoms with van der Waals surface area (Å²) in [5.41, 5.74) is 0.298. The standard InChI is InChI=1S/C15H13ClFNO4S/c1-22-14-7-6-11(23(16,20)21)8-10(14)9-18-15(19)12-4-2-3-5-13(12)17/h2-8H,9H2,1H3,(H,18,19). The normalized spacial score (nSPS) is 11.1. The van der Waals surface area contributed by atoms with Gasteiger partial charge in [-0.3, -0.25) is 4.79 Å². The summed E-state index contributed by atoms with van der Waals surface area (Å²) in [6.07, 6.45) is 0. The fourth-order valence-electron chi connectivity index (χ4n) is 1.96. The molecule has 5 nitrogen and oxygen atoms in total. The van der Waals surface area contributed by atoms with E-state index in [1.165, 1.54) is 43.5 Å². The molecule has 122 valence electrons. The molecular weight excluding hydrogens is 345 g/mol. The minimum atomic E-state index is -3.90. The lowest BCUT2D eigenvalue weighted by molar-refractivity contribution is 0.0946. The van der Waals surface area contributed by atoms with Crippen LogP contribution in [0.1, 0.15) is 15.9 Å². The fourth-order valence-corrected chi connectivity index (χ4v) is 2.76. The van der Waals surface area contributed by atoms with Crippen molar-refractivity contribution in [3.63, 3.8) is 0 Å². The zero-order valence-corrected chi connectivity index (χ0v) is 13.6. The highest BCUT2D eigenvalue weighted by Crippen LogP contribution is 2.24. The van der Waals surface area contributed by atoms with Gasteiger partial charge in [0.1, 0.15) is 11.6 Å². The van der Waals surface area contributed by atoms with Crippen LogP contribution in [0.3, 0.4) is 0 Å². The summed E-state index contributed by atoms with van der Waals surface area (Å²) < 4.78 is 41.4. The van der Waals surface area contributed by atoms with Gasteiger partial charge in [0.05, 0.1) is 17.6 Å². The van der Waals surface area contributed by atoms with E-state index in [1.807, 2.05) is 0 Å². The number of nitrogens with one attached hydrogen (secondary N) is 1. The maximum absolute atomic E-state index is 13.5. The van der Waals surface area contributed by atoms with Crippen molar-refractivity contribution in [1.29, 1.82) is 0 Å². The zero-order chi connectivity index (χ0) is 17.0. The molecule has 1 N–H and O–H groups in total. The van der Waals surface area contributed by atoms with E-state index in [-0.39, 0.29) is 17.0 Å². The SMILES string of the molecule is COc1ccc(S(=O)(=O)Cl)cc1CNC(=O)c1ccccc1F. The maximum atomic E-state index is 13.5. The van der Waals surface area contributed by atoms with Crippen molar-refractivity contribution in [1.82, 2.24) is 5.32 Å². The summed E-state index contributed by atoms with van der Waals surface area (Å²) in [6.45, 7) is -0.0450. The minimum Gasteiger partial charge on any atom is -0.496 e. The van der Waals surface area contributed by atoms with Crippen molar-refractivity contribution < 1.29 is 22.3 Å². The van der Waals surface area contributed by atoms with Gasteiger partial charge in [0.2, 0.25) is 0 Å². The van der Waals surface area contributed by atoms with Crippen LogP contribution in [-0.4, -0.2) is 21.4 Å². The third-order valence-electron chi connectivity index (χ3n) is 3.09. The Labute approximate surface area is 137 Å². The molecule has 0 fully saturated rings. The summed E-state index contributed by atoms with van der Waals surface area (Å²) in [5.74, 6) is -0.888. The number of hydrogen-bond acceptors (Lipinski definition) is 4. The fraction of sp³-hybridized carbons (Fsp3) is 0.133. The van der Waals surface area contributed by atoms with Crippen LogP contribution in [0.5, 0.6) is 5.75 Å². The Balaban J connectivity index is 2.23. The molecule has 1 amide bonds. The molecule has 0 aliphatic rings. The quantitative estimate of drug-likeness (QED) is 0.835. The number of carbonyl (C=O) groups excluding carboxylic acids is 1. The van der Waals surface area contributed by atoms with Gasteiger partial charge < -0.3 is 10.1 Å². The first-order valence-corrected chi connectivity index (χ1v) is 8.78. The van der Waals surface area contributed by atoms with Crippen LogP contribution >= 0.6 is 10.7 Å². The number of halogens is 2.